The maximum atomic E-state index is 11.5. The van der Waals surface area contributed by atoms with E-state index in [0.29, 0.717) is 6.61 Å². The average Bonchev–Trinajstić information content (AvgIpc) is 2.63. The molecule has 1 aliphatic heterocycles. The molecule has 0 saturated carbocycles. The lowest BCUT2D eigenvalue weighted by Gasteiger charge is -2.25. The summed E-state index contributed by atoms with van der Waals surface area (Å²) in [7, 11) is 0. The molecule has 5 heteroatoms. The van der Waals surface area contributed by atoms with E-state index in [1.165, 1.54) is 0 Å². The van der Waals surface area contributed by atoms with Gasteiger partial charge in [0.05, 0.1) is 25.4 Å². The maximum absolute atomic E-state index is 11.5. The molecule has 0 bridgehead atoms. The van der Waals surface area contributed by atoms with E-state index < -0.39 is 17.7 Å². The molecule has 0 aromatic rings. The quantitative estimate of drug-likeness (QED) is 0.703. The van der Waals surface area contributed by atoms with Crippen molar-refractivity contribution in [3.8, 4) is 0 Å². The summed E-state index contributed by atoms with van der Waals surface area (Å²) in [5.41, 5.74) is -0.545. The van der Waals surface area contributed by atoms with Gasteiger partial charge in [0.2, 0.25) is 0 Å². The highest BCUT2D eigenvalue weighted by Crippen LogP contribution is 2.10. The number of rotatable bonds is 3. The molecule has 2 N–H and O–H groups in total. The van der Waals surface area contributed by atoms with Crippen molar-refractivity contribution in [2.45, 2.75) is 38.5 Å². The van der Waals surface area contributed by atoms with Crippen molar-refractivity contribution >= 4 is 6.09 Å². The smallest absolute Gasteiger partial charge is 0.408 e. The van der Waals surface area contributed by atoms with Crippen molar-refractivity contribution in [1.29, 1.82) is 0 Å². The fourth-order valence-electron chi connectivity index (χ4n) is 1.35. The molecule has 5 nitrogen and oxygen atoms in total. The summed E-state index contributed by atoms with van der Waals surface area (Å²) in [5.74, 6) is 0. The Labute approximate surface area is 95.4 Å². The Bertz CT molecular complexity index is 270. The van der Waals surface area contributed by atoms with E-state index in [1.54, 1.807) is 20.8 Å². The van der Waals surface area contributed by atoms with Crippen LogP contribution < -0.4 is 5.32 Å². The first kappa shape index (κ1) is 13.0. The van der Waals surface area contributed by atoms with Gasteiger partial charge in [-0.1, -0.05) is 12.2 Å². The van der Waals surface area contributed by atoms with E-state index in [-0.39, 0.29) is 12.7 Å². The molecular weight excluding hydrogens is 210 g/mol. The molecule has 0 aliphatic carbocycles. The number of carbonyl (C=O) groups is 1. The molecule has 1 aliphatic rings. The number of hydrogen-bond acceptors (Lipinski definition) is 4. The molecule has 0 fully saturated rings. The van der Waals surface area contributed by atoms with Crippen LogP contribution in [0.2, 0.25) is 0 Å². The first-order chi connectivity index (χ1) is 7.42. The third kappa shape index (κ3) is 4.20. The number of alkyl carbamates (subject to hydrolysis) is 1. The molecular formula is C11H19NO4. The molecule has 16 heavy (non-hydrogen) atoms. The molecule has 92 valence electrons. The predicted molar refractivity (Wildman–Crippen MR) is 59.1 cm³/mol. The van der Waals surface area contributed by atoms with Crippen molar-refractivity contribution in [3.63, 3.8) is 0 Å². The summed E-state index contributed by atoms with van der Waals surface area (Å²) in [6, 6.07) is -0.464. The van der Waals surface area contributed by atoms with Crippen LogP contribution in [0.5, 0.6) is 0 Å². The van der Waals surface area contributed by atoms with Crippen LogP contribution in [0.3, 0.4) is 0 Å². The lowest BCUT2D eigenvalue weighted by molar-refractivity contribution is 0.0327. The van der Waals surface area contributed by atoms with Gasteiger partial charge in [-0.05, 0) is 20.8 Å². The number of nitrogens with one attached hydrogen (secondary N) is 1. The second kappa shape index (κ2) is 5.32. The van der Waals surface area contributed by atoms with E-state index in [0.717, 1.165) is 0 Å². The Morgan fingerprint density at radius 3 is 2.81 bits per heavy atom. The Hall–Kier alpha value is -1.07. The van der Waals surface area contributed by atoms with Gasteiger partial charge >= 0.3 is 6.09 Å². The number of amides is 1. The van der Waals surface area contributed by atoms with Crippen LogP contribution in [-0.4, -0.2) is 42.2 Å². The van der Waals surface area contributed by atoms with Gasteiger partial charge in [-0.2, -0.15) is 0 Å². The molecule has 0 aromatic heterocycles. The molecule has 0 saturated heterocycles. The molecule has 0 unspecified atom stereocenters. The monoisotopic (exact) mass is 229 g/mol. The lowest BCUT2D eigenvalue weighted by atomic mass is 10.1. The van der Waals surface area contributed by atoms with Gasteiger partial charge < -0.3 is 19.9 Å². The van der Waals surface area contributed by atoms with Crippen molar-refractivity contribution in [2.75, 3.05) is 13.2 Å². The molecule has 1 heterocycles. The normalized spacial score (nSPS) is 21.9. The topological polar surface area (TPSA) is 67.8 Å². The van der Waals surface area contributed by atoms with Gasteiger partial charge in [0.15, 0.2) is 0 Å². The summed E-state index contributed by atoms with van der Waals surface area (Å²) in [6.45, 7) is 5.68. The van der Waals surface area contributed by atoms with Gasteiger partial charge in [-0.3, -0.25) is 0 Å². The average molecular weight is 229 g/mol. The minimum absolute atomic E-state index is 0.186. The standard InChI is InChI=1S/C11H19NO4/c1-11(2,3)16-10(14)12-8(7-13)9-5-4-6-15-9/h4-5,8-9,13H,6-7H2,1-3H3,(H,12,14)/t8-,9-/m0/s1. The zero-order valence-corrected chi connectivity index (χ0v) is 9.90. The Kier molecular flexibility index (Phi) is 4.32. The zero-order chi connectivity index (χ0) is 12.2. The van der Waals surface area contributed by atoms with Gasteiger partial charge in [0.25, 0.3) is 0 Å². The molecule has 2 atom stereocenters. The molecule has 0 aromatic carbocycles. The molecule has 0 radical (unpaired) electrons. The number of aliphatic hydroxyl groups excluding tert-OH is 1. The van der Waals surface area contributed by atoms with E-state index >= 15 is 0 Å². The summed E-state index contributed by atoms with van der Waals surface area (Å²) < 4.78 is 10.4. The van der Waals surface area contributed by atoms with Crippen molar-refractivity contribution in [1.82, 2.24) is 5.32 Å². The van der Waals surface area contributed by atoms with E-state index in [1.807, 2.05) is 12.2 Å². The van der Waals surface area contributed by atoms with Crippen LogP contribution in [0.1, 0.15) is 20.8 Å². The van der Waals surface area contributed by atoms with E-state index in [9.17, 15) is 4.79 Å². The number of hydrogen-bond donors (Lipinski definition) is 2. The largest absolute Gasteiger partial charge is 0.444 e. The highest BCUT2D eigenvalue weighted by Gasteiger charge is 2.25. The van der Waals surface area contributed by atoms with Crippen LogP contribution >= 0.6 is 0 Å². The van der Waals surface area contributed by atoms with Crippen LogP contribution in [0, 0.1) is 0 Å². The SMILES string of the molecule is CC(C)(C)OC(=O)N[C@@H](CO)[C@@H]1C=CCO1. The highest BCUT2D eigenvalue weighted by atomic mass is 16.6. The van der Waals surface area contributed by atoms with Crippen molar-refractivity contribution in [3.05, 3.63) is 12.2 Å². The third-order valence-corrected chi connectivity index (χ3v) is 2.01. The summed E-state index contributed by atoms with van der Waals surface area (Å²) in [6.07, 6.45) is 2.84. The maximum Gasteiger partial charge on any atom is 0.408 e. The Balaban J connectivity index is 2.44. The Morgan fingerprint density at radius 2 is 2.38 bits per heavy atom. The fraction of sp³-hybridized carbons (Fsp3) is 0.727. The van der Waals surface area contributed by atoms with Crippen LogP contribution in [-0.2, 0) is 9.47 Å². The summed E-state index contributed by atoms with van der Waals surface area (Å²) in [4.78, 5) is 11.5. The second-order valence-corrected chi connectivity index (χ2v) is 4.66. The first-order valence-electron chi connectivity index (χ1n) is 5.31. The second-order valence-electron chi connectivity index (χ2n) is 4.66. The summed E-state index contributed by atoms with van der Waals surface area (Å²) >= 11 is 0. The Morgan fingerprint density at radius 1 is 1.69 bits per heavy atom. The first-order valence-corrected chi connectivity index (χ1v) is 5.31. The van der Waals surface area contributed by atoms with E-state index in [2.05, 4.69) is 5.32 Å². The van der Waals surface area contributed by atoms with Gasteiger partial charge in [-0.25, -0.2) is 4.79 Å². The lowest BCUT2D eigenvalue weighted by Crippen LogP contribution is -2.47. The predicted octanol–water partition coefficient (Wildman–Crippen LogP) is 0.827. The van der Waals surface area contributed by atoms with Crippen molar-refractivity contribution in [2.24, 2.45) is 0 Å². The minimum atomic E-state index is -0.546. The third-order valence-electron chi connectivity index (χ3n) is 2.01. The van der Waals surface area contributed by atoms with Crippen LogP contribution in [0.4, 0.5) is 4.79 Å². The van der Waals surface area contributed by atoms with E-state index in [4.69, 9.17) is 14.6 Å². The fourth-order valence-corrected chi connectivity index (χ4v) is 1.35. The highest BCUT2D eigenvalue weighted by molar-refractivity contribution is 5.68. The van der Waals surface area contributed by atoms with Gasteiger partial charge in [0.1, 0.15) is 5.60 Å². The minimum Gasteiger partial charge on any atom is -0.444 e. The van der Waals surface area contributed by atoms with Crippen molar-refractivity contribution < 1.29 is 19.4 Å². The number of carbonyl (C=O) groups excluding carboxylic acids is 1. The van der Waals surface area contributed by atoms with Gasteiger partial charge in [0, 0.05) is 0 Å². The number of ether oxygens (including phenoxy) is 2. The number of aliphatic hydroxyl groups is 1. The zero-order valence-electron chi connectivity index (χ0n) is 9.90. The molecule has 1 rings (SSSR count). The van der Waals surface area contributed by atoms with Crippen LogP contribution in [0.25, 0.3) is 0 Å². The molecule has 0 spiro atoms. The molecule has 1 amide bonds. The van der Waals surface area contributed by atoms with Gasteiger partial charge in [-0.15, -0.1) is 0 Å². The summed E-state index contributed by atoms with van der Waals surface area (Å²) in [5, 5.41) is 11.7. The van der Waals surface area contributed by atoms with Crippen LogP contribution in [0.15, 0.2) is 12.2 Å².